The Morgan fingerprint density at radius 1 is 1.50 bits per heavy atom. The fraction of sp³-hybridized carbons (Fsp3) is 0.714. The summed E-state index contributed by atoms with van der Waals surface area (Å²) in [6.45, 7) is 8.47. The van der Waals surface area contributed by atoms with Crippen molar-refractivity contribution < 1.29 is 4.74 Å². The van der Waals surface area contributed by atoms with Gasteiger partial charge in [0, 0.05) is 23.4 Å². The van der Waals surface area contributed by atoms with E-state index in [-0.39, 0.29) is 0 Å². The Balaban J connectivity index is 1.93. The summed E-state index contributed by atoms with van der Waals surface area (Å²) in [4.78, 5) is 1.46. The molecule has 0 spiro atoms. The highest BCUT2D eigenvalue weighted by Gasteiger charge is 2.35. The van der Waals surface area contributed by atoms with Gasteiger partial charge < -0.3 is 10.1 Å². The van der Waals surface area contributed by atoms with Crippen molar-refractivity contribution in [2.45, 2.75) is 26.7 Å². The second-order valence-electron chi connectivity index (χ2n) is 5.71. The summed E-state index contributed by atoms with van der Waals surface area (Å²) in [7, 11) is 0. The van der Waals surface area contributed by atoms with Gasteiger partial charge in [-0.3, -0.25) is 0 Å². The van der Waals surface area contributed by atoms with E-state index in [1.807, 2.05) is 11.3 Å². The lowest BCUT2D eigenvalue weighted by molar-refractivity contribution is 0.149. The average molecular weight is 332 g/mol. The quantitative estimate of drug-likeness (QED) is 0.858. The highest BCUT2D eigenvalue weighted by Crippen LogP contribution is 2.35. The van der Waals surface area contributed by atoms with Gasteiger partial charge in [-0.25, -0.2) is 0 Å². The van der Waals surface area contributed by atoms with E-state index in [1.54, 1.807) is 0 Å². The molecular formula is C14H22BrNOS. The third kappa shape index (κ3) is 4.05. The van der Waals surface area contributed by atoms with Gasteiger partial charge in [-0.05, 0) is 53.4 Å². The maximum absolute atomic E-state index is 5.65. The van der Waals surface area contributed by atoms with Crippen LogP contribution in [-0.2, 0) is 11.2 Å². The molecular weight excluding hydrogens is 310 g/mol. The molecule has 0 bridgehead atoms. The Bertz CT molecular complexity index is 372. The zero-order valence-corrected chi connectivity index (χ0v) is 13.6. The van der Waals surface area contributed by atoms with Crippen molar-refractivity contribution in [1.29, 1.82) is 0 Å². The minimum Gasteiger partial charge on any atom is -0.381 e. The maximum Gasteiger partial charge on any atom is 0.0701 e. The van der Waals surface area contributed by atoms with Crippen LogP contribution in [0.2, 0.25) is 0 Å². The van der Waals surface area contributed by atoms with Crippen LogP contribution < -0.4 is 5.32 Å². The second-order valence-corrected chi connectivity index (χ2v) is 8.26. The van der Waals surface area contributed by atoms with E-state index in [0.717, 1.165) is 32.7 Å². The molecule has 0 radical (unpaired) electrons. The van der Waals surface area contributed by atoms with Gasteiger partial charge in [-0.2, -0.15) is 0 Å². The number of hydrogen-bond acceptors (Lipinski definition) is 3. The molecule has 0 amide bonds. The first-order chi connectivity index (χ1) is 8.60. The van der Waals surface area contributed by atoms with Crippen molar-refractivity contribution in [3.8, 4) is 0 Å². The standard InChI is InChI=1S/C14H22BrNOS/c1-11(2)8-16-9-14(5-6-17-10-14)7-12-3-4-13(15)18-12/h3-4,11,16H,5-10H2,1-2H3. The van der Waals surface area contributed by atoms with Gasteiger partial charge in [0.05, 0.1) is 10.4 Å². The van der Waals surface area contributed by atoms with Crippen molar-refractivity contribution in [2.75, 3.05) is 26.3 Å². The molecule has 2 rings (SSSR count). The normalized spacial score (nSPS) is 24.0. The van der Waals surface area contributed by atoms with Crippen LogP contribution in [0.1, 0.15) is 25.1 Å². The number of nitrogens with one attached hydrogen (secondary N) is 1. The minimum atomic E-state index is 0.305. The molecule has 2 nitrogen and oxygen atoms in total. The van der Waals surface area contributed by atoms with Crippen LogP contribution in [0.15, 0.2) is 15.9 Å². The van der Waals surface area contributed by atoms with E-state index in [4.69, 9.17) is 4.74 Å². The molecule has 1 saturated heterocycles. The van der Waals surface area contributed by atoms with Crippen molar-refractivity contribution in [3.63, 3.8) is 0 Å². The summed E-state index contributed by atoms with van der Waals surface area (Å²) in [6.07, 6.45) is 2.31. The highest BCUT2D eigenvalue weighted by molar-refractivity contribution is 9.11. The summed E-state index contributed by atoms with van der Waals surface area (Å²) in [5.41, 5.74) is 0.305. The predicted octanol–water partition coefficient (Wildman–Crippen LogP) is 3.71. The molecule has 4 heteroatoms. The minimum absolute atomic E-state index is 0.305. The third-order valence-electron chi connectivity index (χ3n) is 3.42. The summed E-state index contributed by atoms with van der Waals surface area (Å²) < 4.78 is 6.87. The van der Waals surface area contributed by atoms with E-state index in [2.05, 4.69) is 47.2 Å². The molecule has 102 valence electrons. The van der Waals surface area contributed by atoms with Gasteiger partial charge >= 0.3 is 0 Å². The Morgan fingerprint density at radius 2 is 2.33 bits per heavy atom. The first-order valence-electron chi connectivity index (χ1n) is 6.62. The van der Waals surface area contributed by atoms with Gasteiger partial charge in [-0.15, -0.1) is 11.3 Å². The Kier molecular flexibility index (Phi) is 5.24. The zero-order valence-electron chi connectivity index (χ0n) is 11.2. The SMILES string of the molecule is CC(C)CNCC1(Cc2ccc(Br)s2)CCOC1. The smallest absolute Gasteiger partial charge is 0.0701 e. The molecule has 0 aromatic carbocycles. The Labute approximate surface area is 122 Å². The maximum atomic E-state index is 5.65. The molecule has 0 saturated carbocycles. The van der Waals surface area contributed by atoms with Gasteiger partial charge in [0.15, 0.2) is 0 Å². The van der Waals surface area contributed by atoms with E-state index in [9.17, 15) is 0 Å². The summed E-state index contributed by atoms with van der Waals surface area (Å²) in [5, 5.41) is 3.61. The highest BCUT2D eigenvalue weighted by atomic mass is 79.9. The number of halogens is 1. The fourth-order valence-electron chi connectivity index (χ4n) is 2.43. The number of thiophene rings is 1. The number of rotatable bonds is 6. The molecule has 1 aromatic rings. The van der Waals surface area contributed by atoms with Crippen LogP contribution in [0, 0.1) is 11.3 Å². The van der Waals surface area contributed by atoms with E-state index in [0.29, 0.717) is 11.3 Å². The lowest BCUT2D eigenvalue weighted by Gasteiger charge is -2.27. The largest absolute Gasteiger partial charge is 0.381 e. The molecule has 1 N–H and O–H groups in total. The first kappa shape index (κ1) is 14.5. The molecule has 1 aromatic heterocycles. The summed E-state index contributed by atoms with van der Waals surface area (Å²) in [5.74, 6) is 0.709. The summed E-state index contributed by atoms with van der Waals surface area (Å²) >= 11 is 5.39. The monoisotopic (exact) mass is 331 g/mol. The van der Waals surface area contributed by atoms with Crippen LogP contribution in [0.25, 0.3) is 0 Å². The molecule has 18 heavy (non-hydrogen) atoms. The average Bonchev–Trinajstić information content (AvgIpc) is 2.89. The molecule has 1 fully saturated rings. The lowest BCUT2D eigenvalue weighted by atomic mass is 9.83. The third-order valence-corrected chi connectivity index (χ3v) is 5.04. The molecule has 2 heterocycles. The van der Waals surface area contributed by atoms with E-state index >= 15 is 0 Å². The molecule has 1 aliphatic heterocycles. The number of hydrogen-bond donors (Lipinski definition) is 1. The molecule has 1 aliphatic rings. The van der Waals surface area contributed by atoms with Crippen LogP contribution in [0.4, 0.5) is 0 Å². The van der Waals surface area contributed by atoms with Gasteiger partial charge in [0.25, 0.3) is 0 Å². The Hall–Kier alpha value is 0.1000. The lowest BCUT2D eigenvalue weighted by Crippen LogP contribution is -2.38. The van der Waals surface area contributed by atoms with Gasteiger partial charge in [0.2, 0.25) is 0 Å². The van der Waals surface area contributed by atoms with E-state index < -0.39 is 0 Å². The van der Waals surface area contributed by atoms with Crippen LogP contribution in [0.5, 0.6) is 0 Å². The van der Waals surface area contributed by atoms with Crippen LogP contribution in [0.3, 0.4) is 0 Å². The first-order valence-corrected chi connectivity index (χ1v) is 8.23. The fourth-order valence-corrected chi connectivity index (χ4v) is 4.09. The zero-order chi connectivity index (χ0) is 13.0. The predicted molar refractivity (Wildman–Crippen MR) is 81.3 cm³/mol. The Morgan fingerprint density at radius 3 is 2.89 bits per heavy atom. The molecule has 0 aliphatic carbocycles. The van der Waals surface area contributed by atoms with Crippen molar-refractivity contribution in [1.82, 2.24) is 5.32 Å². The van der Waals surface area contributed by atoms with Crippen molar-refractivity contribution >= 4 is 27.3 Å². The summed E-state index contributed by atoms with van der Waals surface area (Å²) in [6, 6.07) is 4.38. The van der Waals surface area contributed by atoms with Crippen LogP contribution in [-0.4, -0.2) is 26.3 Å². The number of ether oxygens (including phenoxy) is 1. The van der Waals surface area contributed by atoms with E-state index in [1.165, 1.54) is 15.1 Å². The van der Waals surface area contributed by atoms with Crippen molar-refractivity contribution in [3.05, 3.63) is 20.8 Å². The van der Waals surface area contributed by atoms with Gasteiger partial charge in [-0.1, -0.05) is 13.8 Å². The van der Waals surface area contributed by atoms with Gasteiger partial charge in [0.1, 0.15) is 0 Å². The second kappa shape index (κ2) is 6.51. The van der Waals surface area contributed by atoms with Crippen molar-refractivity contribution in [2.24, 2.45) is 11.3 Å². The molecule has 1 atom stereocenters. The topological polar surface area (TPSA) is 21.3 Å². The van der Waals surface area contributed by atoms with Crippen LogP contribution >= 0.6 is 27.3 Å². The molecule has 1 unspecified atom stereocenters.